The Labute approximate surface area is 125 Å². The third kappa shape index (κ3) is 3.80. The van der Waals surface area contributed by atoms with E-state index >= 15 is 0 Å². The van der Waals surface area contributed by atoms with Crippen molar-refractivity contribution in [1.29, 1.82) is 0 Å². The highest BCUT2D eigenvalue weighted by Gasteiger charge is 2.35. The molecule has 7 heteroatoms. The maximum Gasteiger partial charge on any atom is 0.416 e. The van der Waals surface area contributed by atoms with E-state index < -0.39 is 23.2 Å². The molecule has 1 aromatic carbocycles. The molecule has 1 aliphatic rings. The van der Waals surface area contributed by atoms with E-state index in [-0.39, 0.29) is 17.7 Å². The summed E-state index contributed by atoms with van der Waals surface area (Å²) in [5.41, 5.74) is -1.41. The highest BCUT2D eigenvalue weighted by molar-refractivity contribution is 6.18. The Balaban J connectivity index is 2.29. The Morgan fingerprint density at radius 2 is 2.05 bits per heavy atom. The molecule has 1 aromatic rings. The zero-order valence-corrected chi connectivity index (χ0v) is 12.4. The second-order valence-corrected chi connectivity index (χ2v) is 6.01. The zero-order valence-electron chi connectivity index (χ0n) is 11.7. The molecule has 0 amide bonds. The number of halogens is 5. The van der Waals surface area contributed by atoms with E-state index in [1.807, 2.05) is 13.8 Å². The molecule has 21 heavy (non-hydrogen) atoms. The molecule has 0 bridgehead atoms. The molecule has 0 aromatic heterocycles. The average molecular weight is 326 g/mol. The van der Waals surface area contributed by atoms with Crippen LogP contribution in [0.2, 0.25) is 0 Å². The van der Waals surface area contributed by atoms with Gasteiger partial charge in [0, 0.05) is 13.1 Å². The number of ether oxygens (including phenoxy) is 1. The van der Waals surface area contributed by atoms with Gasteiger partial charge >= 0.3 is 6.18 Å². The summed E-state index contributed by atoms with van der Waals surface area (Å²) in [5, 5.41) is 0. The van der Waals surface area contributed by atoms with E-state index in [1.165, 1.54) is 0 Å². The summed E-state index contributed by atoms with van der Waals surface area (Å²) in [6.45, 7) is 4.39. The quantitative estimate of drug-likeness (QED) is 0.600. The first-order valence-electron chi connectivity index (χ1n) is 6.48. The van der Waals surface area contributed by atoms with E-state index in [2.05, 4.69) is 0 Å². The van der Waals surface area contributed by atoms with Crippen molar-refractivity contribution < 1.29 is 22.3 Å². The fourth-order valence-electron chi connectivity index (χ4n) is 2.50. The molecule has 2 rings (SSSR count). The van der Waals surface area contributed by atoms with E-state index in [0.29, 0.717) is 19.2 Å². The summed E-state index contributed by atoms with van der Waals surface area (Å²) in [5.74, 6) is -0.654. The van der Waals surface area contributed by atoms with E-state index in [4.69, 9.17) is 16.3 Å². The van der Waals surface area contributed by atoms with Crippen molar-refractivity contribution in [3.8, 4) is 0 Å². The van der Waals surface area contributed by atoms with Gasteiger partial charge in [0.25, 0.3) is 0 Å². The Morgan fingerprint density at radius 1 is 1.38 bits per heavy atom. The number of alkyl halides is 4. The standard InChI is InChI=1S/C14H16ClF4NO/c1-13(2)8-20(7-10(6-15)21-13)12-4-3-9(5-11(12)16)14(17,18)19/h3-5,10H,6-8H2,1-2H3. The van der Waals surface area contributed by atoms with Gasteiger partial charge in [-0.2, -0.15) is 13.2 Å². The molecule has 1 saturated heterocycles. The SMILES string of the molecule is CC1(C)CN(c2ccc(C(F)(F)F)cc2F)CC(CCl)O1. The average Bonchev–Trinajstić information content (AvgIpc) is 2.35. The van der Waals surface area contributed by atoms with Crippen molar-refractivity contribution in [2.75, 3.05) is 23.9 Å². The van der Waals surface area contributed by atoms with Crippen molar-refractivity contribution in [3.05, 3.63) is 29.6 Å². The van der Waals surface area contributed by atoms with Gasteiger partial charge < -0.3 is 9.64 Å². The second-order valence-electron chi connectivity index (χ2n) is 5.70. The van der Waals surface area contributed by atoms with Gasteiger partial charge in [-0.05, 0) is 32.0 Å². The van der Waals surface area contributed by atoms with Crippen LogP contribution in [0.1, 0.15) is 19.4 Å². The Hall–Kier alpha value is -1.01. The summed E-state index contributed by atoms with van der Waals surface area (Å²) < 4.78 is 57.4. The van der Waals surface area contributed by atoms with E-state index in [0.717, 1.165) is 12.1 Å². The van der Waals surface area contributed by atoms with Crippen LogP contribution in [0.5, 0.6) is 0 Å². The second kappa shape index (κ2) is 5.65. The molecule has 1 fully saturated rings. The minimum Gasteiger partial charge on any atom is -0.367 e. The van der Waals surface area contributed by atoms with Crippen LogP contribution in [0.4, 0.5) is 23.2 Å². The Kier molecular flexibility index (Phi) is 4.40. The molecular weight excluding hydrogens is 310 g/mol. The van der Waals surface area contributed by atoms with Gasteiger partial charge in [-0.15, -0.1) is 11.6 Å². The van der Waals surface area contributed by atoms with Crippen LogP contribution in [-0.4, -0.2) is 30.7 Å². The number of benzene rings is 1. The van der Waals surface area contributed by atoms with Gasteiger partial charge in [-0.1, -0.05) is 0 Å². The largest absolute Gasteiger partial charge is 0.416 e. The summed E-state index contributed by atoms with van der Waals surface area (Å²) >= 11 is 5.79. The zero-order chi connectivity index (χ0) is 15.8. The number of rotatable bonds is 2. The van der Waals surface area contributed by atoms with Gasteiger partial charge in [0.1, 0.15) is 5.82 Å². The van der Waals surface area contributed by atoms with Crippen LogP contribution in [0.3, 0.4) is 0 Å². The summed E-state index contributed by atoms with van der Waals surface area (Å²) in [6, 6.07) is 2.56. The molecule has 0 aliphatic carbocycles. The molecule has 1 atom stereocenters. The first-order valence-corrected chi connectivity index (χ1v) is 7.01. The Bertz CT molecular complexity index is 518. The van der Waals surface area contributed by atoms with Crippen molar-refractivity contribution in [3.63, 3.8) is 0 Å². The topological polar surface area (TPSA) is 12.5 Å². The van der Waals surface area contributed by atoms with Crippen LogP contribution < -0.4 is 4.90 Å². The summed E-state index contributed by atoms with van der Waals surface area (Å²) in [4.78, 5) is 1.67. The lowest BCUT2D eigenvalue weighted by Gasteiger charge is -2.43. The monoisotopic (exact) mass is 325 g/mol. The number of anilines is 1. The number of hydrogen-bond acceptors (Lipinski definition) is 2. The van der Waals surface area contributed by atoms with Gasteiger partial charge in [-0.3, -0.25) is 0 Å². The molecular formula is C14H16ClF4NO. The predicted molar refractivity (Wildman–Crippen MR) is 73.3 cm³/mol. The lowest BCUT2D eigenvalue weighted by Crippen LogP contribution is -2.53. The number of morpholine rings is 1. The molecule has 0 saturated carbocycles. The minimum absolute atomic E-state index is 0.134. The van der Waals surface area contributed by atoms with Gasteiger partial charge in [0.05, 0.1) is 28.8 Å². The first kappa shape index (κ1) is 16.4. The molecule has 2 nitrogen and oxygen atoms in total. The lowest BCUT2D eigenvalue weighted by atomic mass is 10.0. The van der Waals surface area contributed by atoms with Crippen LogP contribution in [0.25, 0.3) is 0 Å². The molecule has 0 N–H and O–H groups in total. The molecule has 0 spiro atoms. The van der Waals surface area contributed by atoms with E-state index in [1.54, 1.807) is 4.90 Å². The number of hydrogen-bond donors (Lipinski definition) is 0. The summed E-state index contributed by atoms with van der Waals surface area (Å²) in [7, 11) is 0. The lowest BCUT2D eigenvalue weighted by molar-refractivity contribution is -0.137. The number of nitrogens with zero attached hydrogens (tertiary/aromatic N) is 1. The maximum absolute atomic E-state index is 14.0. The van der Waals surface area contributed by atoms with Crippen molar-refractivity contribution >= 4 is 17.3 Å². The van der Waals surface area contributed by atoms with Crippen molar-refractivity contribution in [2.45, 2.75) is 31.7 Å². The highest BCUT2D eigenvalue weighted by Crippen LogP contribution is 2.34. The van der Waals surface area contributed by atoms with Crippen LogP contribution in [0, 0.1) is 5.82 Å². The minimum atomic E-state index is -4.55. The molecule has 118 valence electrons. The third-order valence-corrected chi connectivity index (χ3v) is 3.61. The van der Waals surface area contributed by atoms with Gasteiger partial charge in [0.15, 0.2) is 0 Å². The smallest absolute Gasteiger partial charge is 0.367 e. The molecule has 0 radical (unpaired) electrons. The third-order valence-electron chi connectivity index (χ3n) is 3.27. The van der Waals surface area contributed by atoms with Crippen molar-refractivity contribution in [2.24, 2.45) is 0 Å². The normalized spacial score (nSPS) is 22.4. The predicted octanol–water partition coefficient (Wildman–Crippen LogP) is 4.07. The maximum atomic E-state index is 14.0. The van der Waals surface area contributed by atoms with Gasteiger partial charge in [0.2, 0.25) is 0 Å². The fraction of sp³-hybridized carbons (Fsp3) is 0.571. The van der Waals surface area contributed by atoms with Crippen LogP contribution in [0.15, 0.2) is 18.2 Å². The fourth-order valence-corrected chi connectivity index (χ4v) is 2.66. The van der Waals surface area contributed by atoms with Crippen LogP contribution in [-0.2, 0) is 10.9 Å². The Morgan fingerprint density at radius 3 is 2.57 bits per heavy atom. The molecule has 1 unspecified atom stereocenters. The first-order chi connectivity index (χ1) is 9.62. The molecule has 1 heterocycles. The van der Waals surface area contributed by atoms with E-state index in [9.17, 15) is 17.6 Å². The van der Waals surface area contributed by atoms with Crippen LogP contribution >= 0.6 is 11.6 Å². The summed E-state index contributed by atoms with van der Waals surface area (Å²) in [6.07, 6.45) is -4.85. The highest BCUT2D eigenvalue weighted by atomic mass is 35.5. The van der Waals surface area contributed by atoms with Gasteiger partial charge in [-0.25, -0.2) is 4.39 Å². The van der Waals surface area contributed by atoms with Crippen molar-refractivity contribution in [1.82, 2.24) is 0 Å². The molecule has 1 aliphatic heterocycles.